The molecular formula is C32H34N4O8. The lowest BCUT2D eigenvalue weighted by atomic mass is 9.58. The summed E-state index contributed by atoms with van der Waals surface area (Å²) in [5, 5.41) is 48.3. The van der Waals surface area contributed by atoms with Crippen LogP contribution in [-0.4, -0.2) is 106 Å². The van der Waals surface area contributed by atoms with Crippen molar-refractivity contribution in [3.05, 3.63) is 75.8 Å². The second kappa shape index (κ2) is 10.6. The summed E-state index contributed by atoms with van der Waals surface area (Å²) in [5.41, 5.74) is 3.79. The highest BCUT2D eigenvalue weighted by atomic mass is 16.3. The number of phenols is 1. The fourth-order valence-corrected chi connectivity index (χ4v) is 7.39. The Balaban J connectivity index is 1.46. The number of carbonyl (C=O) groups excluding carboxylic acids is 4. The molecule has 2 amide bonds. The van der Waals surface area contributed by atoms with Crippen LogP contribution in [0.4, 0.5) is 0 Å². The molecule has 4 atom stereocenters. The number of fused-ring (bicyclic) bond motifs is 3. The third-order valence-corrected chi connectivity index (χ3v) is 9.43. The molecule has 0 saturated carbocycles. The summed E-state index contributed by atoms with van der Waals surface area (Å²) in [6.07, 6.45) is 0.136. The Morgan fingerprint density at radius 2 is 1.77 bits per heavy atom. The normalized spacial score (nSPS) is 26.8. The highest BCUT2D eigenvalue weighted by Crippen LogP contribution is 2.53. The highest BCUT2D eigenvalue weighted by molar-refractivity contribution is 6.25. The molecule has 12 nitrogen and oxygen atoms in total. The molecular weight excluding hydrogens is 568 g/mol. The van der Waals surface area contributed by atoms with E-state index in [2.05, 4.69) is 5.32 Å². The van der Waals surface area contributed by atoms with E-state index < -0.39 is 58.0 Å². The Morgan fingerprint density at radius 1 is 1.07 bits per heavy atom. The van der Waals surface area contributed by atoms with Crippen LogP contribution in [-0.2, 0) is 16.0 Å². The highest BCUT2D eigenvalue weighted by Gasteiger charge is 2.63. The number of allylic oxidation sites excluding steroid dienone is 1. The number of rotatable bonds is 4. The number of ketones is 2. The zero-order valence-electron chi connectivity index (χ0n) is 24.3. The van der Waals surface area contributed by atoms with Gasteiger partial charge in [0.1, 0.15) is 22.8 Å². The monoisotopic (exact) mass is 602 g/mol. The number of amides is 2. The first kappa shape index (κ1) is 29.5. The first-order chi connectivity index (χ1) is 20.9. The predicted octanol–water partition coefficient (Wildman–Crippen LogP) is 0.833. The van der Waals surface area contributed by atoms with Crippen LogP contribution in [0.5, 0.6) is 5.75 Å². The molecule has 4 aliphatic rings. The molecule has 1 fully saturated rings. The average Bonchev–Trinajstić information content (AvgIpc) is 2.99. The van der Waals surface area contributed by atoms with Crippen LogP contribution in [0.3, 0.4) is 0 Å². The molecule has 7 N–H and O–H groups in total. The summed E-state index contributed by atoms with van der Waals surface area (Å²) < 4.78 is 0. The first-order valence-corrected chi connectivity index (χ1v) is 14.5. The number of phenolic OH excluding ortho intramolecular Hbond substituents is 1. The van der Waals surface area contributed by atoms with Gasteiger partial charge in [-0.25, -0.2) is 0 Å². The molecule has 44 heavy (non-hydrogen) atoms. The van der Waals surface area contributed by atoms with Gasteiger partial charge in [-0.3, -0.25) is 24.1 Å². The fraction of sp³-hybridized carbons (Fsp3) is 0.375. The maximum Gasteiger partial charge on any atom is 0.255 e. The molecule has 0 spiro atoms. The quantitative estimate of drug-likeness (QED) is 0.273. The molecule has 0 radical (unpaired) electrons. The molecule has 6 rings (SSSR count). The third kappa shape index (κ3) is 4.24. The number of likely N-dealkylation sites (N-methyl/N-ethyl adjacent to an activating group) is 1. The zero-order valence-corrected chi connectivity index (χ0v) is 24.3. The van der Waals surface area contributed by atoms with Crippen LogP contribution in [0.15, 0.2) is 59.1 Å². The van der Waals surface area contributed by atoms with Gasteiger partial charge in [-0.15, -0.1) is 0 Å². The number of Topliss-reactive ketones (excluding diaryl/α,β-unsaturated/α-hetero) is 2. The summed E-state index contributed by atoms with van der Waals surface area (Å²) in [5.74, 6) is -7.12. The number of aliphatic hydroxyl groups excluding tert-OH is 2. The molecule has 230 valence electrons. The molecule has 1 saturated heterocycles. The smallest absolute Gasteiger partial charge is 0.255 e. The molecule has 0 bridgehead atoms. The van der Waals surface area contributed by atoms with E-state index in [1.165, 1.54) is 11.0 Å². The summed E-state index contributed by atoms with van der Waals surface area (Å²) in [4.78, 5) is 56.2. The number of hydrogen-bond donors (Lipinski definition) is 6. The van der Waals surface area contributed by atoms with Gasteiger partial charge >= 0.3 is 0 Å². The van der Waals surface area contributed by atoms with Crippen LogP contribution < -0.4 is 11.1 Å². The van der Waals surface area contributed by atoms with Crippen LogP contribution in [0.1, 0.15) is 32.7 Å². The number of nitrogens with zero attached hydrogens (tertiary/aromatic N) is 2. The number of hydrogen-bond acceptors (Lipinski definition) is 10. The van der Waals surface area contributed by atoms with Gasteiger partial charge in [-0.05, 0) is 67.7 Å². The molecule has 12 heteroatoms. The van der Waals surface area contributed by atoms with Crippen molar-refractivity contribution >= 4 is 23.4 Å². The Bertz CT molecular complexity index is 1690. The second-order valence-electron chi connectivity index (χ2n) is 12.1. The van der Waals surface area contributed by atoms with Gasteiger partial charge in [0.05, 0.1) is 11.6 Å². The number of benzene rings is 2. The van der Waals surface area contributed by atoms with Crippen molar-refractivity contribution in [2.75, 3.05) is 40.3 Å². The van der Waals surface area contributed by atoms with Crippen LogP contribution >= 0.6 is 0 Å². The summed E-state index contributed by atoms with van der Waals surface area (Å²) in [6.45, 7) is 2.58. The summed E-state index contributed by atoms with van der Waals surface area (Å²) >= 11 is 0. The minimum atomic E-state index is -2.70. The molecule has 1 aliphatic heterocycles. The maximum atomic E-state index is 14.0. The number of primary amides is 1. The van der Waals surface area contributed by atoms with Gasteiger partial charge in [-0.2, -0.15) is 0 Å². The molecule has 0 aromatic heterocycles. The summed E-state index contributed by atoms with van der Waals surface area (Å²) in [7, 11) is 3.16. The number of nitrogens with one attached hydrogen (secondary N) is 1. The molecule has 0 unspecified atom stereocenters. The standard InChI is InChI=1S/C32H34N4O8/c1-35(2)25-20-14-17-13-19-18(15-4-3-5-16(12-15)31(43)36-10-8-34-9-11-36)6-7-21(37)23(19)26(38)22(17)28(40)32(20,44)29(41)24(27(25)39)30(33)42/h3-7,12,17,20,25,34,37,39-40,44H,8-11,13-14H2,1-2H3,(H2,33,42)/t17-,20-,25-,32-/m0/s1. The van der Waals surface area contributed by atoms with E-state index in [0.29, 0.717) is 48.4 Å². The average molecular weight is 603 g/mol. The molecule has 1 heterocycles. The Morgan fingerprint density at radius 3 is 2.43 bits per heavy atom. The Hall–Kier alpha value is -4.52. The SMILES string of the molecule is CN(C)[C@@H]1C(O)=C(C(N)=O)C(=O)[C@@]2(O)C(O)=C3C(=O)c4c(O)ccc(-c5cccc(C(=O)N6CCNCC6)c5)c4C[C@H]3C[C@@H]12. The Kier molecular flexibility index (Phi) is 7.10. The molecule has 2 aromatic rings. The van der Waals surface area contributed by atoms with E-state index in [4.69, 9.17) is 5.73 Å². The van der Waals surface area contributed by atoms with Crippen molar-refractivity contribution in [3.63, 3.8) is 0 Å². The van der Waals surface area contributed by atoms with Crippen molar-refractivity contribution in [1.29, 1.82) is 0 Å². The van der Waals surface area contributed by atoms with Crippen molar-refractivity contribution < 1.29 is 39.6 Å². The first-order valence-electron chi connectivity index (χ1n) is 14.5. The lowest BCUT2D eigenvalue weighted by Gasteiger charge is -2.50. The zero-order chi connectivity index (χ0) is 31.7. The number of carbonyl (C=O) groups is 4. The maximum absolute atomic E-state index is 14.0. The van der Waals surface area contributed by atoms with Gasteiger partial charge in [0.2, 0.25) is 5.78 Å². The van der Waals surface area contributed by atoms with E-state index >= 15 is 0 Å². The van der Waals surface area contributed by atoms with E-state index in [9.17, 15) is 39.6 Å². The second-order valence-corrected chi connectivity index (χ2v) is 12.1. The van der Waals surface area contributed by atoms with Gasteiger partial charge < -0.3 is 36.4 Å². The van der Waals surface area contributed by atoms with Crippen molar-refractivity contribution in [3.8, 4) is 16.9 Å². The van der Waals surface area contributed by atoms with Crippen LogP contribution in [0, 0.1) is 11.8 Å². The lowest BCUT2D eigenvalue weighted by Crippen LogP contribution is -2.63. The van der Waals surface area contributed by atoms with Crippen molar-refractivity contribution in [2.24, 2.45) is 17.6 Å². The van der Waals surface area contributed by atoms with Crippen LogP contribution in [0.25, 0.3) is 11.1 Å². The van der Waals surface area contributed by atoms with Crippen molar-refractivity contribution in [2.45, 2.75) is 24.5 Å². The largest absolute Gasteiger partial charge is 0.510 e. The van der Waals surface area contributed by atoms with Gasteiger partial charge in [-0.1, -0.05) is 18.2 Å². The fourth-order valence-electron chi connectivity index (χ4n) is 7.39. The summed E-state index contributed by atoms with van der Waals surface area (Å²) in [6, 6.07) is 9.00. The van der Waals surface area contributed by atoms with Gasteiger partial charge in [0, 0.05) is 43.2 Å². The minimum absolute atomic E-state index is 0.0115. The number of aromatic hydroxyl groups is 1. The van der Waals surface area contributed by atoms with E-state index in [1.807, 2.05) is 6.07 Å². The number of piperazine rings is 1. The topological polar surface area (TPSA) is 194 Å². The number of aliphatic hydroxyl groups is 3. The van der Waals surface area contributed by atoms with Gasteiger partial charge in [0.15, 0.2) is 11.4 Å². The lowest BCUT2D eigenvalue weighted by molar-refractivity contribution is -0.148. The molecule has 3 aliphatic carbocycles. The minimum Gasteiger partial charge on any atom is -0.510 e. The van der Waals surface area contributed by atoms with E-state index in [1.54, 1.807) is 43.3 Å². The molecule has 2 aromatic carbocycles. The van der Waals surface area contributed by atoms with Crippen LogP contribution in [0.2, 0.25) is 0 Å². The number of nitrogens with two attached hydrogens (primary N) is 1. The third-order valence-electron chi connectivity index (χ3n) is 9.43. The predicted molar refractivity (Wildman–Crippen MR) is 158 cm³/mol. The van der Waals surface area contributed by atoms with E-state index in [0.717, 1.165) is 0 Å². The Labute approximate surface area is 253 Å². The van der Waals surface area contributed by atoms with Gasteiger partial charge in [0.25, 0.3) is 11.8 Å². The van der Waals surface area contributed by atoms with E-state index in [-0.39, 0.29) is 35.6 Å². The van der Waals surface area contributed by atoms with Crippen molar-refractivity contribution in [1.82, 2.24) is 15.1 Å².